The highest BCUT2D eigenvalue weighted by Crippen LogP contribution is 2.20. The Balaban J connectivity index is 1.96. The summed E-state index contributed by atoms with van der Waals surface area (Å²) in [6.07, 6.45) is 4.32. The Morgan fingerprint density at radius 1 is 1.21 bits per heavy atom. The topological polar surface area (TPSA) is 41.1 Å². The average Bonchev–Trinajstić information content (AvgIpc) is 2.42. The van der Waals surface area contributed by atoms with Gasteiger partial charge in [-0.1, -0.05) is 17.7 Å². The molecule has 19 heavy (non-hydrogen) atoms. The van der Waals surface area contributed by atoms with Crippen LogP contribution in [0, 0.1) is 6.92 Å². The van der Waals surface area contributed by atoms with Crippen molar-refractivity contribution in [3.8, 4) is 0 Å². The zero-order valence-electron chi connectivity index (χ0n) is 11.5. The molecule has 2 N–H and O–H groups in total. The minimum atomic E-state index is -0.00657. The summed E-state index contributed by atoms with van der Waals surface area (Å²) >= 11 is 5.95. The van der Waals surface area contributed by atoms with Gasteiger partial charge in [-0.3, -0.25) is 4.79 Å². The standard InChI is InChI=1S/C15H21ClN2O/c1-10-3-4-11(16)9-14(10)15(19)18-13-7-5-12(17-2)6-8-13/h3-4,9,12-13,17H,5-8H2,1-2H3,(H,18,19). The SMILES string of the molecule is CNC1CCC(NC(=O)c2cc(Cl)ccc2C)CC1. The van der Waals surface area contributed by atoms with Crippen LogP contribution in [0.3, 0.4) is 0 Å². The van der Waals surface area contributed by atoms with E-state index in [1.54, 1.807) is 6.07 Å². The Kier molecular flexibility index (Phi) is 4.83. The molecule has 1 aromatic rings. The number of hydrogen-bond acceptors (Lipinski definition) is 2. The van der Waals surface area contributed by atoms with Crippen molar-refractivity contribution in [2.24, 2.45) is 0 Å². The van der Waals surface area contributed by atoms with Crippen molar-refractivity contribution in [3.05, 3.63) is 34.3 Å². The first-order valence-corrected chi connectivity index (χ1v) is 7.22. The molecule has 0 radical (unpaired) electrons. The third-order valence-electron chi connectivity index (χ3n) is 3.91. The van der Waals surface area contributed by atoms with Gasteiger partial charge in [0, 0.05) is 22.7 Å². The second-order valence-corrected chi connectivity index (χ2v) is 5.71. The number of hydrogen-bond donors (Lipinski definition) is 2. The zero-order valence-corrected chi connectivity index (χ0v) is 12.3. The van der Waals surface area contributed by atoms with E-state index < -0.39 is 0 Å². The van der Waals surface area contributed by atoms with Gasteiger partial charge in [-0.2, -0.15) is 0 Å². The molecular weight excluding hydrogens is 260 g/mol. The van der Waals surface area contributed by atoms with Gasteiger partial charge in [0.1, 0.15) is 0 Å². The summed E-state index contributed by atoms with van der Waals surface area (Å²) in [5.74, 6) is -0.00657. The van der Waals surface area contributed by atoms with E-state index in [4.69, 9.17) is 11.6 Å². The van der Waals surface area contributed by atoms with E-state index in [-0.39, 0.29) is 11.9 Å². The summed E-state index contributed by atoms with van der Waals surface area (Å²) < 4.78 is 0. The molecule has 1 amide bonds. The van der Waals surface area contributed by atoms with E-state index in [9.17, 15) is 4.79 Å². The van der Waals surface area contributed by atoms with Crippen molar-refractivity contribution in [3.63, 3.8) is 0 Å². The number of amides is 1. The van der Waals surface area contributed by atoms with Gasteiger partial charge in [-0.05, 0) is 57.4 Å². The van der Waals surface area contributed by atoms with Crippen molar-refractivity contribution in [1.29, 1.82) is 0 Å². The molecule has 0 heterocycles. The number of rotatable bonds is 3. The molecule has 3 nitrogen and oxygen atoms in total. The molecule has 0 atom stereocenters. The van der Waals surface area contributed by atoms with Crippen LogP contribution in [0.2, 0.25) is 5.02 Å². The fourth-order valence-corrected chi connectivity index (χ4v) is 2.80. The van der Waals surface area contributed by atoms with Crippen molar-refractivity contribution >= 4 is 17.5 Å². The van der Waals surface area contributed by atoms with Crippen molar-refractivity contribution in [1.82, 2.24) is 10.6 Å². The maximum atomic E-state index is 12.3. The van der Waals surface area contributed by atoms with Crippen LogP contribution in [0.1, 0.15) is 41.6 Å². The van der Waals surface area contributed by atoms with E-state index in [0.29, 0.717) is 16.6 Å². The van der Waals surface area contributed by atoms with Crippen LogP contribution in [-0.4, -0.2) is 25.0 Å². The smallest absolute Gasteiger partial charge is 0.251 e. The molecule has 0 unspecified atom stereocenters. The zero-order chi connectivity index (χ0) is 13.8. The Morgan fingerprint density at radius 3 is 2.47 bits per heavy atom. The Bertz CT molecular complexity index is 453. The third-order valence-corrected chi connectivity index (χ3v) is 4.15. The summed E-state index contributed by atoms with van der Waals surface area (Å²) in [6, 6.07) is 6.32. The Morgan fingerprint density at radius 2 is 1.84 bits per heavy atom. The van der Waals surface area contributed by atoms with Gasteiger partial charge in [0.2, 0.25) is 0 Å². The second-order valence-electron chi connectivity index (χ2n) is 5.27. The van der Waals surface area contributed by atoms with Crippen molar-refractivity contribution < 1.29 is 4.79 Å². The molecule has 1 saturated carbocycles. The van der Waals surface area contributed by atoms with Crippen molar-refractivity contribution in [2.75, 3.05) is 7.05 Å². The highest BCUT2D eigenvalue weighted by molar-refractivity contribution is 6.31. The maximum Gasteiger partial charge on any atom is 0.251 e. The minimum absolute atomic E-state index is 0.00657. The maximum absolute atomic E-state index is 12.3. The number of aryl methyl sites for hydroxylation is 1. The van der Waals surface area contributed by atoms with Gasteiger partial charge in [-0.25, -0.2) is 0 Å². The van der Waals surface area contributed by atoms with Crippen LogP contribution in [0.15, 0.2) is 18.2 Å². The van der Waals surface area contributed by atoms with Gasteiger partial charge in [-0.15, -0.1) is 0 Å². The fraction of sp³-hybridized carbons (Fsp3) is 0.533. The lowest BCUT2D eigenvalue weighted by Crippen LogP contribution is -2.41. The Hall–Kier alpha value is -1.06. The van der Waals surface area contributed by atoms with Gasteiger partial charge in [0.15, 0.2) is 0 Å². The lowest BCUT2D eigenvalue weighted by Gasteiger charge is -2.29. The number of halogens is 1. The van der Waals surface area contributed by atoms with Gasteiger partial charge < -0.3 is 10.6 Å². The number of carbonyl (C=O) groups excluding carboxylic acids is 1. The van der Waals surface area contributed by atoms with E-state index in [2.05, 4.69) is 10.6 Å². The highest BCUT2D eigenvalue weighted by atomic mass is 35.5. The molecule has 0 aliphatic heterocycles. The quantitative estimate of drug-likeness (QED) is 0.894. The molecule has 1 aliphatic rings. The molecular formula is C15H21ClN2O. The fourth-order valence-electron chi connectivity index (χ4n) is 2.63. The van der Waals surface area contributed by atoms with Crippen LogP contribution >= 0.6 is 11.6 Å². The summed E-state index contributed by atoms with van der Waals surface area (Å²) in [5.41, 5.74) is 1.65. The van der Waals surface area contributed by atoms with Gasteiger partial charge in [0.05, 0.1) is 0 Å². The lowest BCUT2D eigenvalue weighted by atomic mass is 9.91. The normalized spacial score (nSPS) is 23.1. The van der Waals surface area contributed by atoms with E-state index in [1.165, 1.54) is 0 Å². The van der Waals surface area contributed by atoms with Gasteiger partial charge in [0.25, 0.3) is 5.91 Å². The molecule has 0 bridgehead atoms. The summed E-state index contributed by atoms with van der Waals surface area (Å²) in [6.45, 7) is 1.93. The van der Waals surface area contributed by atoms with E-state index in [1.807, 2.05) is 26.1 Å². The van der Waals surface area contributed by atoms with E-state index in [0.717, 1.165) is 31.2 Å². The first-order chi connectivity index (χ1) is 9.10. The monoisotopic (exact) mass is 280 g/mol. The highest BCUT2D eigenvalue weighted by Gasteiger charge is 2.22. The molecule has 1 aromatic carbocycles. The van der Waals surface area contributed by atoms with E-state index >= 15 is 0 Å². The average molecular weight is 281 g/mol. The van der Waals surface area contributed by atoms with Crippen molar-refractivity contribution in [2.45, 2.75) is 44.7 Å². The van der Waals surface area contributed by atoms with Crippen LogP contribution in [0.5, 0.6) is 0 Å². The number of nitrogens with one attached hydrogen (secondary N) is 2. The van der Waals surface area contributed by atoms with Crippen LogP contribution < -0.4 is 10.6 Å². The second kappa shape index (κ2) is 6.40. The summed E-state index contributed by atoms with van der Waals surface area (Å²) in [4.78, 5) is 12.3. The first kappa shape index (κ1) is 14.4. The molecule has 2 rings (SSSR count). The largest absolute Gasteiger partial charge is 0.349 e. The lowest BCUT2D eigenvalue weighted by molar-refractivity contribution is 0.0924. The minimum Gasteiger partial charge on any atom is -0.349 e. The van der Waals surface area contributed by atoms with Gasteiger partial charge >= 0.3 is 0 Å². The molecule has 4 heteroatoms. The first-order valence-electron chi connectivity index (χ1n) is 6.84. The summed E-state index contributed by atoms with van der Waals surface area (Å²) in [5, 5.41) is 7.02. The molecule has 1 fully saturated rings. The predicted molar refractivity (Wildman–Crippen MR) is 78.8 cm³/mol. The molecule has 0 aromatic heterocycles. The van der Waals surface area contributed by atoms with Crippen LogP contribution in [0.25, 0.3) is 0 Å². The molecule has 1 aliphatic carbocycles. The Labute approximate surface area is 119 Å². The van der Waals surface area contributed by atoms with Crippen LogP contribution in [-0.2, 0) is 0 Å². The number of benzene rings is 1. The summed E-state index contributed by atoms with van der Waals surface area (Å²) in [7, 11) is 2.00. The molecule has 0 saturated heterocycles. The number of carbonyl (C=O) groups is 1. The third kappa shape index (κ3) is 3.71. The van der Waals surface area contributed by atoms with Crippen LogP contribution in [0.4, 0.5) is 0 Å². The predicted octanol–water partition coefficient (Wildman–Crippen LogP) is 2.91. The molecule has 104 valence electrons. The molecule has 0 spiro atoms.